The van der Waals surface area contributed by atoms with Gasteiger partial charge in [0.25, 0.3) is 0 Å². The third-order valence-electron chi connectivity index (χ3n) is 3.91. The number of aromatic nitrogens is 2. The van der Waals surface area contributed by atoms with Crippen LogP contribution < -0.4 is 5.32 Å². The molecule has 0 unspecified atom stereocenters. The maximum atomic E-state index is 5.16. The van der Waals surface area contributed by atoms with Gasteiger partial charge in [-0.25, -0.2) is 0 Å². The van der Waals surface area contributed by atoms with E-state index in [2.05, 4.69) is 20.4 Å². The Balaban J connectivity index is 0.00000133. The maximum Gasteiger partial charge on any atom is 0.240 e. The van der Waals surface area contributed by atoms with Crippen LogP contribution in [0.1, 0.15) is 37.4 Å². The average molecular weight is 287 g/mol. The van der Waals surface area contributed by atoms with E-state index >= 15 is 0 Å². The SMILES string of the molecule is Cc1noc(CN2CCC(NCC3CC3)CC2)n1.Cl. The molecule has 2 fully saturated rings. The highest BCUT2D eigenvalue weighted by atomic mass is 35.5. The van der Waals surface area contributed by atoms with Gasteiger partial charge in [0.2, 0.25) is 5.89 Å². The molecule has 19 heavy (non-hydrogen) atoms. The summed E-state index contributed by atoms with van der Waals surface area (Å²) >= 11 is 0. The van der Waals surface area contributed by atoms with Crippen molar-refractivity contribution in [2.45, 2.75) is 45.2 Å². The van der Waals surface area contributed by atoms with E-state index in [0.717, 1.165) is 37.3 Å². The standard InChI is InChI=1S/C13H22N4O.ClH/c1-10-15-13(18-16-10)9-17-6-4-12(5-7-17)14-8-11-2-3-11;/h11-12,14H,2-9H2,1H3;1H. The lowest BCUT2D eigenvalue weighted by atomic mass is 10.0. The molecule has 1 aliphatic carbocycles. The Morgan fingerprint density at radius 3 is 2.58 bits per heavy atom. The minimum absolute atomic E-state index is 0. The number of halogens is 1. The summed E-state index contributed by atoms with van der Waals surface area (Å²) in [5, 5.41) is 7.52. The minimum atomic E-state index is 0. The summed E-state index contributed by atoms with van der Waals surface area (Å²) in [6.45, 7) is 6.15. The molecule has 1 saturated carbocycles. The Morgan fingerprint density at radius 2 is 2.00 bits per heavy atom. The molecule has 108 valence electrons. The molecule has 0 radical (unpaired) electrons. The third-order valence-corrected chi connectivity index (χ3v) is 3.91. The minimum Gasteiger partial charge on any atom is -0.338 e. The van der Waals surface area contributed by atoms with Crippen molar-refractivity contribution >= 4 is 12.4 Å². The van der Waals surface area contributed by atoms with Crippen molar-refractivity contribution in [1.82, 2.24) is 20.4 Å². The van der Waals surface area contributed by atoms with Gasteiger partial charge < -0.3 is 9.84 Å². The van der Waals surface area contributed by atoms with Crippen LogP contribution in [0, 0.1) is 12.8 Å². The van der Waals surface area contributed by atoms with E-state index in [1.807, 2.05) is 6.92 Å². The van der Waals surface area contributed by atoms with Gasteiger partial charge in [-0.2, -0.15) is 4.98 Å². The number of nitrogens with zero attached hydrogens (tertiary/aromatic N) is 3. The van der Waals surface area contributed by atoms with Gasteiger partial charge in [0.15, 0.2) is 5.82 Å². The summed E-state index contributed by atoms with van der Waals surface area (Å²) in [5.41, 5.74) is 0. The van der Waals surface area contributed by atoms with Crippen LogP contribution in [0.4, 0.5) is 0 Å². The van der Waals surface area contributed by atoms with Crippen LogP contribution in [0.3, 0.4) is 0 Å². The highest BCUT2D eigenvalue weighted by Gasteiger charge is 2.24. The lowest BCUT2D eigenvalue weighted by Gasteiger charge is -2.31. The van der Waals surface area contributed by atoms with Crippen molar-refractivity contribution < 1.29 is 4.52 Å². The second kappa shape index (κ2) is 6.68. The van der Waals surface area contributed by atoms with Gasteiger partial charge in [-0.05, 0) is 45.1 Å². The third kappa shape index (κ3) is 4.44. The first-order chi connectivity index (χ1) is 8.79. The van der Waals surface area contributed by atoms with Crippen LogP contribution >= 0.6 is 12.4 Å². The van der Waals surface area contributed by atoms with Crippen LogP contribution in [-0.4, -0.2) is 40.7 Å². The van der Waals surface area contributed by atoms with Crippen molar-refractivity contribution in [3.63, 3.8) is 0 Å². The molecule has 1 N–H and O–H groups in total. The monoisotopic (exact) mass is 286 g/mol. The first-order valence-electron chi connectivity index (χ1n) is 7.04. The largest absolute Gasteiger partial charge is 0.338 e. The normalized spacial score (nSPS) is 21.3. The van der Waals surface area contributed by atoms with Gasteiger partial charge in [0, 0.05) is 19.1 Å². The molecule has 0 bridgehead atoms. The van der Waals surface area contributed by atoms with Crippen molar-refractivity contribution in [2.75, 3.05) is 19.6 Å². The molecule has 6 heteroatoms. The number of likely N-dealkylation sites (tertiary alicyclic amines) is 1. The fourth-order valence-electron chi connectivity index (χ4n) is 2.55. The number of nitrogens with one attached hydrogen (secondary N) is 1. The number of piperidine rings is 1. The molecule has 1 aromatic rings. The van der Waals surface area contributed by atoms with Gasteiger partial charge >= 0.3 is 0 Å². The van der Waals surface area contributed by atoms with E-state index in [-0.39, 0.29) is 12.4 Å². The van der Waals surface area contributed by atoms with E-state index in [1.165, 1.54) is 32.2 Å². The predicted molar refractivity (Wildman–Crippen MR) is 75.3 cm³/mol. The van der Waals surface area contributed by atoms with Crippen LogP contribution in [0.25, 0.3) is 0 Å². The molecule has 3 rings (SSSR count). The summed E-state index contributed by atoms with van der Waals surface area (Å²) in [4.78, 5) is 6.66. The Bertz CT molecular complexity index is 386. The van der Waals surface area contributed by atoms with Crippen LogP contribution in [0.15, 0.2) is 4.52 Å². The Morgan fingerprint density at radius 1 is 1.26 bits per heavy atom. The van der Waals surface area contributed by atoms with E-state index in [0.29, 0.717) is 6.04 Å². The van der Waals surface area contributed by atoms with Gasteiger partial charge in [-0.1, -0.05) is 5.16 Å². The van der Waals surface area contributed by atoms with Crippen LogP contribution in [0.2, 0.25) is 0 Å². The summed E-state index contributed by atoms with van der Waals surface area (Å²) in [5.74, 6) is 2.45. The molecule has 0 aromatic carbocycles. The number of hydrogen-bond donors (Lipinski definition) is 1. The fraction of sp³-hybridized carbons (Fsp3) is 0.846. The molecule has 2 heterocycles. The molecular formula is C13H23ClN4O. The van der Waals surface area contributed by atoms with E-state index < -0.39 is 0 Å². The first kappa shape index (κ1) is 14.8. The fourth-order valence-corrected chi connectivity index (χ4v) is 2.55. The van der Waals surface area contributed by atoms with E-state index in [9.17, 15) is 0 Å². The Kier molecular flexibility index (Phi) is 5.19. The predicted octanol–water partition coefficient (Wildman–Crippen LogP) is 1.76. The smallest absolute Gasteiger partial charge is 0.240 e. The zero-order chi connectivity index (χ0) is 12.4. The number of rotatable bonds is 5. The van der Waals surface area contributed by atoms with Gasteiger partial charge in [0.05, 0.1) is 6.54 Å². The van der Waals surface area contributed by atoms with Crippen LogP contribution in [-0.2, 0) is 6.54 Å². The van der Waals surface area contributed by atoms with Crippen molar-refractivity contribution in [3.05, 3.63) is 11.7 Å². The molecule has 5 nitrogen and oxygen atoms in total. The van der Waals surface area contributed by atoms with Gasteiger partial charge in [-0.3, -0.25) is 4.90 Å². The van der Waals surface area contributed by atoms with E-state index in [4.69, 9.17) is 4.52 Å². The molecular weight excluding hydrogens is 264 g/mol. The van der Waals surface area contributed by atoms with Crippen molar-refractivity contribution in [3.8, 4) is 0 Å². The second-order valence-electron chi connectivity index (χ2n) is 5.64. The summed E-state index contributed by atoms with van der Waals surface area (Å²) in [7, 11) is 0. The molecule has 0 amide bonds. The maximum absolute atomic E-state index is 5.16. The topological polar surface area (TPSA) is 54.2 Å². The molecule has 1 aliphatic heterocycles. The van der Waals surface area contributed by atoms with Gasteiger partial charge in [0.1, 0.15) is 0 Å². The highest BCUT2D eigenvalue weighted by Crippen LogP contribution is 2.28. The zero-order valence-corrected chi connectivity index (χ0v) is 12.3. The lowest BCUT2D eigenvalue weighted by Crippen LogP contribution is -2.42. The zero-order valence-electron chi connectivity index (χ0n) is 11.5. The van der Waals surface area contributed by atoms with Gasteiger partial charge in [-0.15, -0.1) is 12.4 Å². The second-order valence-corrected chi connectivity index (χ2v) is 5.64. The van der Waals surface area contributed by atoms with Crippen molar-refractivity contribution in [1.29, 1.82) is 0 Å². The lowest BCUT2D eigenvalue weighted by molar-refractivity contribution is 0.170. The molecule has 1 saturated heterocycles. The highest BCUT2D eigenvalue weighted by molar-refractivity contribution is 5.85. The molecule has 1 aromatic heterocycles. The Labute approximate surface area is 120 Å². The number of aryl methyl sites for hydroxylation is 1. The summed E-state index contributed by atoms with van der Waals surface area (Å²) in [6.07, 6.45) is 5.34. The molecule has 0 atom stereocenters. The first-order valence-corrected chi connectivity index (χ1v) is 7.04. The summed E-state index contributed by atoms with van der Waals surface area (Å²) < 4.78 is 5.16. The van der Waals surface area contributed by atoms with Crippen LogP contribution in [0.5, 0.6) is 0 Å². The molecule has 2 aliphatic rings. The Hall–Kier alpha value is -0.650. The van der Waals surface area contributed by atoms with Crippen molar-refractivity contribution in [2.24, 2.45) is 5.92 Å². The van der Waals surface area contributed by atoms with E-state index in [1.54, 1.807) is 0 Å². The molecule has 0 spiro atoms. The average Bonchev–Trinajstić information content (AvgIpc) is 3.12. The number of hydrogen-bond acceptors (Lipinski definition) is 5. The summed E-state index contributed by atoms with van der Waals surface area (Å²) in [6, 6.07) is 0.714. The quantitative estimate of drug-likeness (QED) is 0.894.